The van der Waals surface area contributed by atoms with E-state index in [0.717, 1.165) is 11.8 Å². The molecule has 0 atom stereocenters. The molecule has 6 heteroatoms. The molecule has 1 heterocycles. The normalized spacial score (nSPS) is 11.6. The van der Waals surface area contributed by atoms with Crippen molar-refractivity contribution in [1.82, 2.24) is 3.97 Å². The van der Waals surface area contributed by atoms with Crippen LogP contribution in [0.3, 0.4) is 0 Å². The Bertz CT molecular complexity index is 1350. The minimum Gasteiger partial charge on any atom is -0.497 e. The molecule has 0 aliphatic rings. The Morgan fingerprint density at radius 3 is 2.20 bits per heavy atom. The van der Waals surface area contributed by atoms with Gasteiger partial charge >= 0.3 is 0 Å². The topological polar surface area (TPSA) is 65.4 Å². The van der Waals surface area contributed by atoms with E-state index in [4.69, 9.17) is 4.74 Å². The number of hydrogen-bond donors (Lipinski definition) is 0. The van der Waals surface area contributed by atoms with Crippen molar-refractivity contribution in [3.05, 3.63) is 89.5 Å². The quantitative estimate of drug-likeness (QED) is 0.441. The molecule has 0 spiro atoms. The molecule has 5 nitrogen and oxygen atoms in total. The number of fused-ring (bicyclic) bond motifs is 1. The van der Waals surface area contributed by atoms with Crippen molar-refractivity contribution >= 4 is 26.7 Å². The Morgan fingerprint density at radius 1 is 0.933 bits per heavy atom. The first-order valence-corrected chi connectivity index (χ1v) is 11.3. The third-order valence-electron chi connectivity index (χ3n) is 5.04. The lowest BCUT2D eigenvalue weighted by atomic mass is 9.96. The Balaban J connectivity index is 2.15. The summed E-state index contributed by atoms with van der Waals surface area (Å²) in [5, 5.41) is 0.611. The number of benzene rings is 3. The second-order valence-corrected chi connectivity index (χ2v) is 9.03. The number of carbonyl (C=O) groups excluding carboxylic acids is 1. The van der Waals surface area contributed by atoms with E-state index in [1.54, 1.807) is 61.7 Å². The summed E-state index contributed by atoms with van der Waals surface area (Å²) in [6.07, 6.45) is 1.15. The second-order valence-electron chi connectivity index (χ2n) is 7.20. The number of methoxy groups -OCH3 is 1. The van der Waals surface area contributed by atoms with Crippen molar-refractivity contribution in [2.24, 2.45) is 0 Å². The number of carbonyl (C=O) groups is 1. The van der Waals surface area contributed by atoms with Crippen molar-refractivity contribution in [3.8, 4) is 17.0 Å². The van der Waals surface area contributed by atoms with Gasteiger partial charge in [-0.05, 0) is 43.3 Å². The molecule has 0 unspecified atom stereocenters. The number of aromatic nitrogens is 1. The molecule has 3 aromatic carbocycles. The van der Waals surface area contributed by atoms with Crippen molar-refractivity contribution < 1.29 is 17.9 Å². The van der Waals surface area contributed by atoms with Crippen molar-refractivity contribution in [2.75, 3.05) is 13.4 Å². The summed E-state index contributed by atoms with van der Waals surface area (Å²) >= 11 is 0. The van der Waals surface area contributed by atoms with Gasteiger partial charge in [0.25, 0.3) is 0 Å². The highest BCUT2D eigenvalue weighted by Gasteiger charge is 2.28. The predicted molar refractivity (Wildman–Crippen MR) is 119 cm³/mol. The SMILES string of the molecule is COc1ccc(-c2c(C(=O)c3ccccc3)c3cc(C)ccc3n2S(C)(=O)=O)cc1. The van der Waals surface area contributed by atoms with Gasteiger partial charge < -0.3 is 4.74 Å². The molecule has 0 aliphatic carbocycles. The molecular weight excluding hydrogens is 398 g/mol. The van der Waals surface area contributed by atoms with Crippen LogP contribution in [0.25, 0.3) is 22.2 Å². The van der Waals surface area contributed by atoms with E-state index in [-0.39, 0.29) is 5.78 Å². The van der Waals surface area contributed by atoms with E-state index in [0.29, 0.717) is 39.0 Å². The van der Waals surface area contributed by atoms with Gasteiger partial charge in [-0.1, -0.05) is 42.0 Å². The minimum absolute atomic E-state index is 0.223. The van der Waals surface area contributed by atoms with Gasteiger partial charge in [-0.15, -0.1) is 0 Å². The van der Waals surface area contributed by atoms with Gasteiger partial charge in [0, 0.05) is 16.5 Å². The Hall–Kier alpha value is -3.38. The average Bonchev–Trinajstić information content (AvgIpc) is 3.08. The zero-order chi connectivity index (χ0) is 21.5. The van der Waals surface area contributed by atoms with Crippen LogP contribution in [-0.2, 0) is 10.0 Å². The van der Waals surface area contributed by atoms with Gasteiger partial charge in [0.1, 0.15) is 5.75 Å². The van der Waals surface area contributed by atoms with Gasteiger partial charge in [-0.3, -0.25) is 4.79 Å². The van der Waals surface area contributed by atoms with Crippen molar-refractivity contribution in [3.63, 3.8) is 0 Å². The van der Waals surface area contributed by atoms with Crippen LogP contribution in [0.4, 0.5) is 0 Å². The highest BCUT2D eigenvalue weighted by molar-refractivity contribution is 7.89. The number of nitrogens with zero attached hydrogens (tertiary/aromatic N) is 1. The number of aryl methyl sites for hydroxylation is 1. The summed E-state index contributed by atoms with van der Waals surface area (Å²) in [7, 11) is -2.13. The summed E-state index contributed by atoms with van der Waals surface area (Å²) < 4.78 is 32.2. The molecule has 0 aliphatic heterocycles. The fourth-order valence-electron chi connectivity index (χ4n) is 3.70. The summed E-state index contributed by atoms with van der Waals surface area (Å²) in [4.78, 5) is 13.6. The lowest BCUT2D eigenvalue weighted by Gasteiger charge is -2.11. The molecule has 0 N–H and O–H groups in total. The maximum absolute atomic E-state index is 13.6. The summed E-state index contributed by atoms with van der Waals surface area (Å²) in [5.41, 5.74) is 3.27. The van der Waals surface area contributed by atoms with Gasteiger partial charge in [-0.2, -0.15) is 0 Å². The van der Waals surface area contributed by atoms with Crippen LogP contribution >= 0.6 is 0 Å². The van der Waals surface area contributed by atoms with E-state index in [2.05, 4.69) is 0 Å². The van der Waals surface area contributed by atoms with E-state index in [9.17, 15) is 13.2 Å². The lowest BCUT2D eigenvalue weighted by molar-refractivity contribution is 0.104. The zero-order valence-corrected chi connectivity index (χ0v) is 17.7. The van der Waals surface area contributed by atoms with Crippen molar-refractivity contribution in [2.45, 2.75) is 6.92 Å². The first-order chi connectivity index (χ1) is 14.3. The highest BCUT2D eigenvalue weighted by Crippen LogP contribution is 2.37. The molecule has 0 fully saturated rings. The molecule has 152 valence electrons. The van der Waals surface area contributed by atoms with Crippen LogP contribution in [0, 0.1) is 6.92 Å². The van der Waals surface area contributed by atoms with Gasteiger partial charge in [0.2, 0.25) is 10.0 Å². The summed E-state index contributed by atoms with van der Waals surface area (Å²) in [5.74, 6) is 0.423. The molecule has 0 amide bonds. The molecule has 1 aromatic heterocycles. The second kappa shape index (κ2) is 7.46. The molecule has 4 aromatic rings. The fourth-order valence-corrected chi connectivity index (χ4v) is 4.74. The Kier molecular flexibility index (Phi) is 4.95. The predicted octanol–water partition coefficient (Wildman–Crippen LogP) is 4.66. The lowest BCUT2D eigenvalue weighted by Crippen LogP contribution is -2.13. The third-order valence-corrected chi connectivity index (χ3v) is 6.08. The maximum atomic E-state index is 13.6. The van der Waals surface area contributed by atoms with Gasteiger partial charge in [0.15, 0.2) is 5.78 Å². The molecule has 0 saturated heterocycles. The zero-order valence-electron chi connectivity index (χ0n) is 16.9. The number of ketones is 1. The molecule has 4 rings (SSSR count). The monoisotopic (exact) mass is 419 g/mol. The van der Waals surface area contributed by atoms with E-state index in [1.165, 1.54) is 3.97 Å². The summed E-state index contributed by atoms with van der Waals surface area (Å²) in [6.45, 7) is 1.92. The molecule has 30 heavy (non-hydrogen) atoms. The van der Waals surface area contributed by atoms with Gasteiger partial charge in [-0.25, -0.2) is 12.4 Å². The first-order valence-electron chi connectivity index (χ1n) is 9.41. The van der Waals surface area contributed by atoms with Crippen LogP contribution in [0.5, 0.6) is 5.75 Å². The largest absolute Gasteiger partial charge is 0.497 e. The highest BCUT2D eigenvalue weighted by atomic mass is 32.2. The molecule has 0 radical (unpaired) electrons. The first kappa shape index (κ1) is 19.9. The van der Waals surface area contributed by atoms with Crippen LogP contribution in [0.2, 0.25) is 0 Å². The Labute approximate surface area is 175 Å². The molecule has 0 bridgehead atoms. The van der Waals surface area contributed by atoms with Gasteiger partial charge in [0.05, 0.1) is 30.1 Å². The maximum Gasteiger partial charge on any atom is 0.236 e. The number of hydrogen-bond acceptors (Lipinski definition) is 4. The van der Waals surface area contributed by atoms with Crippen LogP contribution in [0.1, 0.15) is 21.5 Å². The van der Waals surface area contributed by atoms with E-state index in [1.807, 2.05) is 25.1 Å². The molecular formula is C24H21NO4S. The van der Waals surface area contributed by atoms with Crippen LogP contribution in [-0.4, -0.2) is 31.5 Å². The standard InChI is InChI=1S/C24H21NO4S/c1-16-9-14-21-20(15-16)22(24(26)18-7-5-4-6-8-18)23(25(21)30(3,27)28)17-10-12-19(29-2)13-11-17/h4-15H,1-3H3. The van der Waals surface area contributed by atoms with E-state index >= 15 is 0 Å². The third kappa shape index (κ3) is 3.39. The Morgan fingerprint density at radius 2 is 1.60 bits per heavy atom. The average molecular weight is 420 g/mol. The molecule has 0 saturated carbocycles. The van der Waals surface area contributed by atoms with Crippen LogP contribution < -0.4 is 4.74 Å². The minimum atomic E-state index is -3.70. The smallest absolute Gasteiger partial charge is 0.236 e. The number of ether oxygens (including phenoxy) is 1. The summed E-state index contributed by atoms with van der Waals surface area (Å²) in [6, 6.07) is 21.4. The number of rotatable bonds is 5. The van der Waals surface area contributed by atoms with Crippen molar-refractivity contribution in [1.29, 1.82) is 0 Å². The van der Waals surface area contributed by atoms with E-state index < -0.39 is 10.0 Å². The fraction of sp³-hybridized carbons (Fsp3) is 0.125. The van der Waals surface area contributed by atoms with Crippen LogP contribution in [0.15, 0.2) is 72.8 Å².